The molecule has 1 unspecified atom stereocenters. The highest BCUT2D eigenvalue weighted by molar-refractivity contribution is 6.34. The molecule has 0 spiro atoms. The number of hydrogen-bond donors (Lipinski definition) is 1. The fraction of sp³-hybridized carbons (Fsp3) is 0.308. The van der Waals surface area contributed by atoms with Crippen molar-refractivity contribution in [2.45, 2.75) is 18.4 Å². The molecule has 1 aliphatic carbocycles. The first-order valence-electron chi connectivity index (χ1n) is 5.70. The zero-order valence-electron chi connectivity index (χ0n) is 10.2. The van der Waals surface area contributed by atoms with Gasteiger partial charge in [0.15, 0.2) is 10.8 Å². The summed E-state index contributed by atoms with van der Waals surface area (Å²) in [5.41, 5.74) is 1.18. The number of benzene rings is 1. The van der Waals surface area contributed by atoms with E-state index < -0.39 is 11.2 Å². The zero-order chi connectivity index (χ0) is 14.0. The monoisotopic (exact) mass is 302 g/mol. The number of rotatable bonds is 3. The lowest BCUT2D eigenvalue weighted by atomic mass is 9.92. The minimum atomic E-state index is -1.42. The van der Waals surface area contributed by atoms with Crippen LogP contribution in [0.4, 0.5) is 4.79 Å². The molecule has 0 saturated carbocycles. The summed E-state index contributed by atoms with van der Waals surface area (Å²) in [5.74, 6) is 0.112. The third-order valence-corrected chi connectivity index (χ3v) is 3.52. The Morgan fingerprint density at radius 2 is 2.16 bits per heavy atom. The van der Waals surface area contributed by atoms with Crippen LogP contribution in [0.2, 0.25) is 0 Å². The molecule has 19 heavy (non-hydrogen) atoms. The normalized spacial score (nSPS) is 22.1. The molecule has 1 atom stereocenters. The van der Waals surface area contributed by atoms with Crippen molar-refractivity contribution >= 4 is 35.1 Å². The maximum Gasteiger partial charge on any atom is 0.511 e. The Morgan fingerprint density at radius 3 is 2.79 bits per heavy atom. The number of carboxylic acid groups (broad SMARTS) is 1. The lowest BCUT2D eigenvalue weighted by Gasteiger charge is -2.33. The molecule has 0 aromatic heterocycles. The Balaban J connectivity index is 2.54. The molecule has 0 saturated heterocycles. The summed E-state index contributed by atoms with van der Waals surface area (Å²) in [7, 11) is 0. The van der Waals surface area contributed by atoms with Crippen molar-refractivity contribution in [2.75, 3.05) is 6.61 Å². The summed E-state index contributed by atoms with van der Waals surface area (Å²) < 4.78 is 10.3. The van der Waals surface area contributed by atoms with Gasteiger partial charge in [-0.05, 0) is 6.92 Å². The van der Waals surface area contributed by atoms with Gasteiger partial charge in [-0.25, -0.2) is 4.79 Å². The molecule has 1 N–H and O–H groups in total. The number of ether oxygens (including phenoxy) is 2. The van der Waals surface area contributed by atoms with Crippen LogP contribution in [-0.2, 0) is 14.5 Å². The summed E-state index contributed by atoms with van der Waals surface area (Å²) in [6, 6.07) is 7.02. The van der Waals surface area contributed by atoms with Crippen molar-refractivity contribution in [2.24, 2.45) is 0 Å². The Labute approximate surface area is 120 Å². The molecule has 1 aromatic rings. The molecular weight excluding hydrogens is 291 g/mol. The molecular formula is C13H12Cl2O4. The Hall–Kier alpha value is -1.23. The highest BCUT2D eigenvalue weighted by Gasteiger charge is 2.40. The van der Waals surface area contributed by atoms with Crippen molar-refractivity contribution in [3.05, 3.63) is 40.4 Å². The first-order chi connectivity index (χ1) is 8.98. The zero-order valence-corrected chi connectivity index (χ0v) is 11.7. The van der Waals surface area contributed by atoms with Gasteiger partial charge in [0.25, 0.3) is 0 Å². The standard InChI is InChI=1S/C13H12Cl2O4/c1-2-18-13(15)7-10(14)11(19-12(16)17)8-5-3-4-6-9(8)13/h3-6H,2,7H2,1H3,(H,16,17). The van der Waals surface area contributed by atoms with Gasteiger partial charge >= 0.3 is 6.16 Å². The number of hydrogen-bond acceptors (Lipinski definition) is 3. The third-order valence-electron chi connectivity index (χ3n) is 2.77. The fourth-order valence-electron chi connectivity index (χ4n) is 2.08. The largest absolute Gasteiger partial charge is 0.511 e. The number of fused-ring (bicyclic) bond motifs is 1. The smallest absolute Gasteiger partial charge is 0.449 e. The van der Waals surface area contributed by atoms with E-state index in [2.05, 4.69) is 0 Å². The minimum absolute atomic E-state index is 0.112. The molecule has 4 nitrogen and oxygen atoms in total. The summed E-state index contributed by atoms with van der Waals surface area (Å²) in [6.45, 7) is 2.24. The molecule has 0 heterocycles. The van der Waals surface area contributed by atoms with Gasteiger partial charge in [0.05, 0.1) is 5.03 Å². The first-order valence-corrected chi connectivity index (χ1v) is 6.45. The Morgan fingerprint density at radius 1 is 1.47 bits per heavy atom. The number of carbonyl (C=O) groups is 1. The lowest BCUT2D eigenvalue weighted by Crippen LogP contribution is -2.28. The molecule has 6 heteroatoms. The van der Waals surface area contributed by atoms with E-state index in [1.165, 1.54) is 0 Å². The van der Waals surface area contributed by atoms with E-state index >= 15 is 0 Å². The second-order valence-electron chi connectivity index (χ2n) is 3.99. The van der Waals surface area contributed by atoms with Gasteiger partial charge in [0.1, 0.15) is 0 Å². The van der Waals surface area contributed by atoms with Gasteiger partial charge in [0.2, 0.25) is 0 Å². The second-order valence-corrected chi connectivity index (χ2v) is 5.05. The van der Waals surface area contributed by atoms with Crippen molar-refractivity contribution in [1.29, 1.82) is 0 Å². The van der Waals surface area contributed by atoms with Crippen LogP contribution in [0.25, 0.3) is 5.76 Å². The topological polar surface area (TPSA) is 55.8 Å². The van der Waals surface area contributed by atoms with Crippen LogP contribution in [0.15, 0.2) is 29.3 Å². The SMILES string of the molecule is CCOC1(Cl)CC(Cl)=C(OC(=O)O)c2ccccc21. The van der Waals surface area contributed by atoms with Gasteiger partial charge in [-0.2, -0.15) is 0 Å². The molecule has 1 aromatic carbocycles. The highest BCUT2D eigenvalue weighted by atomic mass is 35.5. The summed E-state index contributed by atoms with van der Waals surface area (Å²) in [5, 5.41) is 7.90. The summed E-state index contributed by atoms with van der Waals surface area (Å²) in [6.07, 6.45) is -1.26. The van der Waals surface area contributed by atoms with E-state index in [1.54, 1.807) is 24.3 Å². The molecule has 0 amide bonds. The maximum atomic E-state index is 10.7. The molecule has 102 valence electrons. The highest BCUT2D eigenvalue weighted by Crippen LogP contribution is 2.47. The first kappa shape index (κ1) is 14.2. The average Bonchev–Trinajstić information content (AvgIpc) is 2.34. The van der Waals surface area contributed by atoms with Crippen LogP contribution in [-0.4, -0.2) is 17.9 Å². The predicted octanol–water partition coefficient (Wildman–Crippen LogP) is 4.12. The van der Waals surface area contributed by atoms with E-state index in [0.29, 0.717) is 17.7 Å². The van der Waals surface area contributed by atoms with Crippen LogP contribution in [0, 0.1) is 0 Å². The van der Waals surface area contributed by atoms with Crippen molar-refractivity contribution < 1.29 is 19.4 Å². The minimum Gasteiger partial charge on any atom is -0.449 e. The van der Waals surface area contributed by atoms with E-state index in [-0.39, 0.29) is 17.2 Å². The number of alkyl halides is 1. The molecule has 1 aliphatic rings. The second kappa shape index (κ2) is 5.41. The van der Waals surface area contributed by atoms with Crippen LogP contribution in [0.5, 0.6) is 0 Å². The van der Waals surface area contributed by atoms with Gasteiger partial charge in [0, 0.05) is 24.2 Å². The van der Waals surface area contributed by atoms with E-state index in [0.717, 1.165) is 0 Å². The van der Waals surface area contributed by atoms with Gasteiger partial charge < -0.3 is 14.6 Å². The fourth-order valence-corrected chi connectivity index (χ4v) is 2.89. The van der Waals surface area contributed by atoms with Crippen LogP contribution < -0.4 is 0 Å². The Kier molecular flexibility index (Phi) is 4.04. The Bertz CT molecular complexity index is 541. The third kappa shape index (κ3) is 2.71. The lowest BCUT2D eigenvalue weighted by molar-refractivity contribution is 0.0239. The average molecular weight is 303 g/mol. The van der Waals surface area contributed by atoms with Crippen LogP contribution >= 0.6 is 23.2 Å². The molecule has 0 aliphatic heterocycles. The van der Waals surface area contributed by atoms with Gasteiger partial charge in [-0.3, -0.25) is 0 Å². The van der Waals surface area contributed by atoms with Crippen molar-refractivity contribution in [3.8, 4) is 0 Å². The van der Waals surface area contributed by atoms with Crippen LogP contribution in [0.1, 0.15) is 24.5 Å². The molecule has 0 radical (unpaired) electrons. The number of halogens is 2. The molecule has 0 fully saturated rings. The van der Waals surface area contributed by atoms with Gasteiger partial charge in [-0.15, -0.1) is 0 Å². The van der Waals surface area contributed by atoms with Crippen molar-refractivity contribution in [1.82, 2.24) is 0 Å². The van der Waals surface area contributed by atoms with E-state index in [4.69, 9.17) is 37.8 Å². The van der Waals surface area contributed by atoms with Gasteiger partial charge in [-0.1, -0.05) is 47.5 Å². The quantitative estimate of drug-likeness (QED) is 0.674. The maximum absolute atomic E-state index is 10.7. The van der Waals surface area contributed by atoms with E-state index in [9.17, 15) is 4.79 Å². The van der Waals surface area contributed by atoms with E-state index in [1.807, 2.05) is 6.92 Å². The molecule has 0 bridgehead atoms. The summed E-state index contributed by atoms with van der Waals surface area (Å²) >= 11 is 12.6. The van der Waals surface area contributed by atoms with Crippen molar-refractivity contribution in [3.63, 3.8) is 0 Å². The summed E-state index contributed by atoms with van der Waals surface area (Å²) in [4.78, 5) is 10.7. The molecule has 2 rings (SSSR count). The predicted molar refractivity (Wildman–Crippen MR) is 72.1 cm³/mol. The van der Waals surface area contributed by atoms with Crippen LogP contribution in [0.3, 0.4) is 0 Å².